The number of nitrogens with zero attached hydrogens (tertiary/aromatic N) is 2. The summed E-state index contributed by atoms with van der Waals surface area (Å²) in [6.07, 6.45) is 1.75. The summed E-state index contributed by atoms with van der Waals surface area (Å²) in [4.78, 5) is 4.28. The SMILES string of the molecule is Cc1ccc(CCc2nc(N)n(C)c2Cl)c(C)c1. The minimum atomic E-state index is 0.468. The van der Waals surface area contributed by atoms with Crippen LogP contribution < -0.4 is 5.73 Å². The molecule has 0 aliphatic heterocycles. The summed E-state index contributed by atoms with van der Waals surface area (Å²) in [6, 6.07) is 6.51. The van der Waals surface area contributed by atoms with E-state index in [-0.39, 0.29) is 0 Å². The van der Waals surface area contributed by atoms with Gasteiger partial charge in [0.25, 0.3) is 0 Å². The zero-order valence-corrected chi connectivity index (χ0v) is 11.8. The molecule has 0 saturated heterocycles. The highest BCUT2D eigenvalue weighted by Gasteiger charge is 2.10. The quantitative estimate of drug-likeness (QED) is 0.925. The molecule has 0 radical (unpaired) electrons. The molecule has 0 bridgehead atoms. The lowest BCUT2D eigenvalue weighted by Gasteiger charge is -2.06. The third kappa shape index (κ3) is 2.51. The maximum absolute atomic E-state index is 6.17. The Balaban J connectivity index is 2.14. The lowest BCUT2D eigenvalue weighted by molar-refractivity contribution is 0.905. The van der Waals surface area contributed by atoms with E-state index in [1.807, 2.05) is 7.05 Å². The van der Waals surface area contributed by atoms with Crippen LogP contribution in [0.25, 0.3) is 0 Å². The van der Waals surface area contributed by atoms with Crippen LogP contribution in [-0.4, -0.2) is 9.55 Å². The Bertz CT molecular complexity index is 573. The molecule has 0 unspecified atom stereocenters. The molecule has 18 heavy (non-hydrogen) atoms. The van der Waals surface area contributed by atoms with E-state index in [4.69, 9.17) is 17.3 Å². The molecule has 1 heterocycles. The van der Waals surface area contributed by atoms with E-state index < -0.39 is 0 Å². The van der Waals surface area contributed by atoms with Gasteiger partial charge in [-0.15, -0.1) is 0 Å². The molecule has 0 amide bonds. The number of nitrogen functional groups attached to an aromatic ring is 1. The van der Waals surface area contributed by atoms with Gasteiger partial charge < -0.3 is 10.3 Å². The number of halogens is 1. The lowest BCUT2D eigenvalue weighted by Crippen LogP contribution is -1.96. The third-order valence-corrected chi connectivity index (χ3v) is 3.73. The molecule has 0 saturated carbocycles. The van der Waals surface area contributed by atoms with Crippen molar-refractivity contribution in [3.8, 4) is 0 Å². The van der Waals surface area contributed by atoms with Crippen LogP contribution in [0.2, 0.25) is 5.15 Å². The van der Waals surface area contributed by atoms with Crippen LogP contribution in [0.5, 0.6) is 0 Å². The fraction of sp³-hybridized carbons (Fsp3) is 0.357. The summed E-state index contributed by atoms with van der Waals surface area (Å²) < 4.78 is 1.71. The monoisotopic (exact) mass is 263 g/mol. The van der Waals surface area contributed by atoms with Crippen molar-refractivity contribution in [3.63, 3.8) is 0 Å². The van der Waals surface area contributed by atoms with Crippen LogP contribution in [0.3, 0.4) is 0 Å². The topological polar surface area (TPSA) is 43.8 Å². The third-order valence-electron chi connectivity index (χ3n) is 3.26. The van der Waals surface area contributed by atoms with Crippen molar-refractivity contribution in [2.24, 2.45) is 7.05 Å². The molecule has 0 spiro atoms. The average Bonchev–Trinajstić information content (AvgIpc) is 2.56. The molecule has 96 valence electrons. The van der Waals surface area contributed by atoms with Crippen LogP contribution in [-0.2, 0) is 19.9 Å². The first-order valence-electron chi connectivity index (χ1n) is 6.01. The number of benzene rings is 1. The molecule has 2 N–H and O–H groups in total. The predicted molar refractivity (Wildman–Crippen MR) is 76.0 cm³/mol. The minimum absolute atomic E-state index is 0.468. The van der Waals surface area contributed by atoms with Crippen LogP contribution in [0.15, 0.2) is 18.2 Å². The van der Waals surface area contributed by atoms with Gasteiger partial charge in [0, 0.05) is 7.05 Å². The van der Waals surface area contributed by atoms with Gasteiger partial charge in [0.05, 0.1) is 5.69 Å². The highest BCUT2D eigenvalue weighted by atomic mass is 35.5. The number of hydrogen-bond acceptors (Lipinski definition) is 2. The normalized spacial score (nSPS) is 10.9. The van der Waals surface area contributed by atoms with Crippen LogP contribution >= 0.6 is 11.6 Å². The fourth-order valence-corrected chi connectivity index (χ4v) is 2.32. The second-order valence-electron chi connectivity index (χ2n) is 4.70. The second kappa shape index (κ2) is 5.02. The average molecular weight is 264 g/mol. The molecular weight excluding hydrogens is 246 g/mol. The van der Waals surface area contributed by atoms with Crippen molar-refractivity contribution in [1.29, 1.82) is 0 Å². The Morgan fingerprint density at radius 1 is 1.28 bits per heavy atom. The van der Waals surface area contributed by atoms with Gasteiger partial charge in [-0.2, -0.15) is 0 Å². The van der Waals surface area contributed by atoms with Gasteiger partial charge in [0.1, 0.15) is 5.15 Å². The standard InChI is InChI=1S/C14H18ClN3/c1-9-4-5-11(10(2)8-9)6-7-12-13(15)18(3)14(16)17-12/h4-5,8H,6-7H2,1-3H3,(H2,16,17). The zero-order valence-electron chi connectivity index (χ0n) is 11.0. The van der Waals surface area contributed by atoms with E-state index >= 15 is 0 Å². The van der Waals surface area contributed by atoms with Crippen molar-refractivity contribution in [2.75, 3.05) is 5.73 Å². The number of imidazole rings is 1. The van der Waals surface area contributed by atoms with Gasteiger partial charge in [-0.05, 0) is 37.8 Å². The van der Waals surface area contributed by atoms with Crippen LogP contribution in [0, 0.1) is 13.8 Å². The van der Waals surface area contributed by atoms with E-state index in [0.29, 0.717) is 11.1 Å². The van der Waals surface area contributed by atoms with Gasteiger partial charge in [0.15, 0.2) is 0 Å². The van der Waals surface area contributed by atoms with Crippen LogP contribution in [0.1, 0.15) is 22.4 Å². The number of nitrogens with two attached hydrogens (primary N) is 1. The van der Waals surface area contributed by atoms with Gasteiger partial charge in [-0.1, -0.05) is 35.4 Å². The summed E-state index contributed by atoms with van der Waals surface area (Å²) in [7, 11) is 1.82. The highest BCUT2D eigenvalue weighted by Crippen LogP contribution is 2.20. The van der Waals surface area contributed by atoms with Gasteiger partial charge >= 0.3 is 0 Å². The Hall–Kier alpha value is -1.48. The summed E-state index contributed by atoms with van der Waals surface area (Å²) in [5, 5.41) is 0.636. The van der Waals surface area contributed by atoms with Crippen molar-refractivity contribution < 1.29 is 0 Å². The molecule has 2 rings (SSSR count). The lowest BCUT2D eigenvalue weighted by atomic mass is 10.0. The van der Waals surface area contributed by atoms with Crippen LogP contribution in [0.4, 0.5) is 5.95 Å². The Morgan fingerprint density at radius 2 is 2.00 bits per heavy atom. The van der Waals surface area contributed by atoms with E-state index in [0.717, 1.165) is 18.5 Å². The Morgan fingerprint density at radius 3 is 2.56 bits per heavy atom. The fourth-order valence-electron chi connectivity index (χ4n) is 2.09. The highest BCUT2D eigenvalue weighted by molar-refractivity contribution is 6.30. The summed E-state index contributed by atoms with van der Waals surface area (Å²) >= 11 is 6.17. The smallest absolute Gasteiger partial charge is 0.201 e. The molecule has 0 atom stereocenters. The van der Waals surface area contributed by atoms with Crippen molar-refractivity contribution in [3.05, 3.63) is 45.7 Å². The molecule has 0 aliphatic rings. The molecule has 3 nitrogen and oxygen atoms in total. The first kappa shape index (κ1) is 13.0. The van der Waals surface area contributed by atoms with Crippen molar-refractivity contribution in [2.45, 2.75) is 26.7 Å². The van der Waals surface area contributed by atoms with E-state index in [9.17, 15) is 0 Å². The van der Waals surface area contributed by atoms with E-state index in [2.05, 4.69) is 37.0 Å². The van der Waals surface area contributed by atoms with E-state index in [1.165, 1.54) is 16.7 Å². The van der Waals surface area contributed by atoms with Crippen molar-refractivity contribution >= 4 is 17.5 Å². The molecule has 1 aromatic heterocycles. The minimum Gasteiger partial charge on any atom is -0.369 e. The molecule has 0 fully saturated rings. The Labute approximate surface area is 113 Å². The van der Waals surface area contributed by atoms with Gasteiger partial charge in [-0.3, -0.25) is 0 Å². The summed E-state index contributed by atoms with van der Waals surface area (Å²) in [6.45, 7) is 4.24. The summed E-state index contributed by atoms with van der Waals surface area (Å²) in [5.74, 6) is 0.468. The number of hydrogen-bond donors (Lipinski definition) is 1. The molecule has 1 aromatic carbocycles. The zero-order chi connectivity index (χ0) is 13.3. The molecular formula is C14H18ClN3. The molecule has 4 heteroatoms. The first-order chi connectivity index (χ1) is 8.49. The maximum Gasteiger partial charge on any atom is 0.201 e. The number of aryl methyl sites for hydroxylation is 4. The van der Waals surface area contributed by atoms with Gasteiger partial charge in [0.2, 0.25) is 5.95 Å². The van der Waals surface area contributed by atoms with Gasteiger partial charge in [-0.25, -0.2) is 4.98 Å². The predicted octanol–water partition coefficient (Wildman–Crippen LogP) is 3.06. The van der Waals surface area contributed by atoms with Crippen molar-refractivity contribution in [1.82, 2.24) is 9.55 Å². The first-order valence-corrected chi connectivity index (χ1v) is 6.39. The summed E-state index contributed by atoms with van der Waals surface area (Å²) in [5.41, 5.74) is 10.5. The molecule has 2 aromatic rings. The molecule has 0 aliphatic carbocycles. The second-order valence-corrected chi connectivity index (χ2v) is 5.05. The largest absolute Gasteiger partial charge is 0.369 e. The maximum atomic E-state index is 6.17. The van der Waals surface area contributed by atoms with E-state index in [1.54, 1.807) is 4.57 Å². The Kier molecular flexibility index (Phi) is 3.62. The number of rotatable bonds is 3. The number of aromatic nitrogens is 2. The number of anilines is 1.